The molecule has 1 aliphatic carbocycles. The van der Waals surface area contributed by atoms with Crippen LogP contribution in [0.2, 0.25) is 0 Å². The quantitative estimate of drug-likeness (QED) is 0.326. The highest BCUT2D eigenvalue weighted by atomic mass is 32.2. The fourth-order valence-corrected chi connectivity index (χ4v) is 5.12. The SMILES string of the molecule is CN(C)[C@H]1C[C@@H](CNc2cccc(-c3ccc4cnc(CNC(=O)c5cncc(S(C)(=O)=O)c5)cc4n3)n2)C1. The van der Waals surface area contributed by atoms with Crippen molar-refractivity contribution in [3.63, 3.8) is 0 Å². The molecule has 2 N–H and O–H groups in total. The summed E-state index contributed by atoms with van der Waals surface area (Å²) in [6.45, 7) is 1.05. The topological polar surface area (TPSA) is 130 Å². The van der Waals surface area contributed by atoms with Gasteiger partial charge in [0.25, 0.3) is 5.91 Å². The molecule has 0 saturated heterocycles. The first-order valence-electron chi connectivity index (χ1n) is 12.7. The summed E-state index contributed by atoms with van der Waals surface area (Å²) in [5, 5.41) is 7.11. The minimum atomic E-state index is -3.46. The van der Waals surface area contributed by atoms with Crippen molar-refractivity contribution in [1.29, 1.82) is 0 Å². The fraction of sp³-hybridized carbons (Fsp3) is 0.321. The molecule has 1 aliphatic rings. The minimum absolute atomic E-state index is 0.00964. The molecule has 11 heteroatoms. The number of sulfone groups is 1. The third-order valence-corrected chi connectivity index (χ3v) is 8.07. The van der Waals surface area contributed by atoms with Crippen molar-refractivity contribution in [3.8, 4) is 11.4 Å². The second-order valence-electron chi connectivity index (χ2n) is 10.2. The normalized spacial score (nSPS) is 17.1. The predicted octanol–water partition coefficient (Wildman–Crippen LogP) is 3.17. The van der Waals surface area contributed by atoms with Gasteiger partial charge in [-0.3, -0.25) is 14.8 Å². The molecule has 0 spiro atoms. The van der Waals surface area contributed by atoms with Gasteiger partial charge in [-0.05, 0) is 69.3 Å². The molecule has 4 aromatic rings. The maximum absolute atomic E-state index is 12.6. The van der Waals surface area contributed by atoms with Crippen LogP contribution in [0.1, 0.15) is 28.9 Å². The Labute approximate surface area is 227 Å². The summed E-state index contributed by atoms with van der Waals surface area (Å²) in [7, 11) is 0.796. The van der Waals surface area contributed by atoms with E-state index >= 15 is 0 Å². The van der Waals surface area contributed by atoms with Crippen LogP contribution in [0.25, 0.3) is 22.3 Å². The third kappa shape index (κ3) is 6.37. The van der Waals surface area contributed by atoms with Gasteiger partial charge in [-0.25, -0.2) is 18.4 Å². The molecule has 1 saturated carbocycles. The second kappa shape index (κ2) is 11.0. The number of aromatic nitrogens is 4. The molecule has 1 fully saturated rings. The molecule has 4 aromatic heterocycles. The van der Waals surface area contributed by atoms with Crippen LogP contribution in [0, 0.1) is 5.92 Å². The van der Waals surface area contributed by atoms with Crippen molar-refractivity contribution in [1.82, 2.24) is 30.2 Å². The van der Waals surface area contributed by atoms with E-state index < -0.39 is 15.7 Å². The molecule has 10 nitrogen and oxygen atoms in total. The molecular formula is C28H31N7O3S. The van der Waals surface area contributed by atoms with Crippen molar-refractivity contribution in [2.24, 2.45) is 5.92 Å². The summed E-state index contributed by atoms with van der Waals surface area (Å²) < 4.78 is 23.5. The van der Waals surface area contributed by atoms with Gasteiger partial charge < -0.3 is 15.5 Å². The van der Waals surface area contributed by atoms with E-state index in [9.17, 15) is 13.2 Å². The van der Waals surface area contributed by atoms with Gasteiger partial charge in [0.05, 0.1) is 39.6 Å². The number of pyridine rings is 4. The average Bonchev–Trinajstić information content (AvgIpc) is 2.90. The van der Waals surface area contributed by atoms with Crippen LogP contribution in [-0.2, 0) is 16.4 Å². The van der Waals surface area contributed by atoms with E-state index in [0.29, 0.717) is 17.7 Å². The van der Waals surface area contributed by atoms with Crippen LogP contribution in [0.3, 0.4) is 0 Å². The summed E-state index contributed by atoms with van der Waals surface area (Å²) in [5.41, 5.74) is 3.02. The Morgan fingerprint density at radius 1 is 1.03 bits per heavy atom. The Morgan fingerprint density at radius 2 is 1.82 bits per heavy atom. The van der Waals surface area contributed by atoms with Gasteiger partial charge in [0, 0.05) is 42.8 Å². The van der Waals surface area contributed by atoms with Gasteiger partial charge in [-0.2, -0.15) is 0 Å². The van der Waals surface area contributed by atoms with Crippen LogP contribution in [0.5, 0.6) is 0 Å². The van der Waals surface area contributed by atoms with E-state index in [1.807, 2.05) is 36.4 Å². The molecule has 202 valence electrons. The van der Waals surface area contributed by atoms with E-state index in [2.05, 4.69) is 39.6 Å². The van der Waals surface area contributed by atoms with Crippen molar-refractivity contribution in [2.45, 2.75) is 30.3 Å². The third-order valence-electron chi connectivity index (χ3n) is 6.99. The summed E-state index contributed by atoms with van der Waals surface area (Å²) in [6.07, 6.45) is 7.73. The molecular weight excluding hydrogens is 514 g/mol. The highest BCUT2D eigenvalue weighted by molar-refractivity contribution is 7.90. The lowest BCUT2D eigenvalue weighted by molar-refractivity contribution is 0.0950. The molecule has 0 radical (unpaired) electrons. The Balaban J connectivity index is 1.25. The first-order chi connectivity index (χ1) is 18.7. The number of carbonyl (C=O) groups excluding carboxylic acids is 1. The molecule has 0 aromatic carbocycles. The van der Waals surface area contributed by atoms with E-state index in [1.54, 1.807) is 6.20 Å². The van der Waals surface area contributed by atoms with E-state index in [1.165, 1.54) is 31.3 Å². The highest BCUT2D eigenvalue weighted by Gasteiger charge is 2.30. The number of hydrogen-bond donors (Lipinski definition) is 2. The van der Waals surface area contributed by atoms with Gasteiger partial charge in [-0.1, -0.05) is 6.07 Å². The summed E-state index contributed by atoms with van der Waals surface area (Å²) in [6, 6.07) is 13.6. The molecule has 0 unspecified atom stereocenters. The van der Waals surface area contributed by atoms with E-state index in [4.69, 9.17) is 9.97 Å². The standard InChI is InChI=1S/C28H31N7O3S/c1-35(2)22-9-18(10-22)13-31-27-6-4-5-24(34-27)25-8-7-19-15-30-21(12-26(19)33-25)16-32-28(36)20-11-23(17-29-14-20)39(3,37)38/h4-8,11-12,14-15,17-18,22H,9-10,13,16H2,1-3H3,(H,31,34)(H,32,36)/t18-,22+. The van der Waals surface area contributed by atoms with Gasteiger partial charge >= 0.3 is 0 Å². The first kappa shape index (κ1) is 26.6. The summed E-state index contributed by atoms with van der Waals surface area (Å²) in [4.78, 5) is 32.7. The number of amides is 1. The highest BCUT2D eigenvalue weighted by Crippen LogP contribution is 2.30. The number of rotatable bonds is 9. The number of fused-ring (bicyclic) bond motifs is 1. The molecule has 0 atom stereocenters. The fourth-order valence-electron chi connectivity index (χ4n) is 4.53. The molecule has 1 amide bonds. The lowest BCUT2D eigenvalue weighted by Crippen LogP contribution is -2.42. The van der Waals surface area contributed by atoms with Gasteiger partial charge in [0.2, 0.25) is 0 Å². The molecule has 0 aliphatic heterocycles. The smallest absolute Gasteiger partial charge is 0.253 e. The Kier molecular flexibility index (Phi) is 7.53. The Morgan fingerprint density at radius 3 is 2.59 bits per heavy atom. The number of anilines is 1. The summed E-state index contributed by atoms with van der Waals surface area (Å²) >= 11 is 0. The lowest BCUT2D eigenvalue weighted by atomic mass is 9.79. The van der Waals surface area contributed by atoms with Crippen LogP contribution in [0.15, 0.2) is 66.0 Å². The zero-order valence-corrected chi connectivity index (χ0v) is 22.9. The average molecular weight is 546 g/mol. The molecule has 5 rings (SSSR count). The zero-order chi connectivity index (χ0) is 27.6. The first-order valence-corrected chi connectivity index (χ1v) is 14.6. The monoisotopic (exact) mass is 545 g/mol. The number of nitrogens with one attached hydrogen (secondary N) is 2. The molecule has 39 heavy (non-hydrogen) atoms. The van der Waals surface area contributed by atoms with Crippen LogP contribution in [-0.4, -0.2) is 72.1 Å². The predicted molar refractivity (Wildman–Crippen MR) is 150 cm³/mol. The van der Waals surface area contributed by atoms with Gasteiger partial charge in [-0.15, -0.1) is 0 Å². The van der Waals surface area contributed by atoms with Crippen molar-refractivity contribution in [3.05, 3.63) is 72.3 Å². The second-order valence-corrected chi connectivity index (χ2v) is 12.2. The van der Waals surface area contributed by atoms with Crippen LogP contribution < -0.4 is 10.6 Å². The number of hydrogen-bond acceptors (Lipinski definition) is 9. The van der Waals surface area contributed by atoms with Crippen molar-refractivity contribution < 1.29 is 13.2 Å². The Hall–Kier alpha value is -3.96. The van der Waals surface area contributed by atoms with Gasteiger partial charge in [0.15, 0.2) is 9.84 Å². The molecule has 0 bridgehead atoms. The van der Waals surface area contributed by atoms with Crippen molar-refractivity contribution >= 4 is 32.5 Å². The maximum atomic E-state index is 12.6. The van der Waals surface area contributed by atoms with E-state index in [-0.39, 0.29) is 17.0 Å². The molecule has 4 heterocycles. The maximum Gasteiger partial charge on any atom is 0.253 e. The minimum Gasteiger partial charge on any atom is -0.370 e. The van der Waals surface area contributed by atoms with Crippen molar-refractivity contribution in [2.75, 3.05) is 32.2 Å². The van der Waals surface area contributed by atoms with E-state index in [0.717, 1.165) is 40.9 Å². The largest absolute Gasteiger partial charge is 0.370 e. The van der Waals surface area contributed by atoms with Crippen LogP contribution in [0.4, 0.5) is 5.82 Å². The number of nitrogens with zero attached hydrogens (tertiary/aromatic N) is 5. The lowest BCUT2D eigenvalue weighted by Gasteiger charge is -2.39. The summed E-state index contributed by atoms with van der Waals surface area (Å²) in [5.74, 6) is 1.05. The Bertz CT molecular complexity index is 1620. The number of carbonyl (C=O) groups is 1. The van der Waals surface area contributed by atoms with Gasteiger partial charge in [0.1, 0.15) is 5.82 Å². The van der Waals surface area contributed by atoms with Crippen LogP contribution >= 0.6 is 0 Å². The zero-order valence-electron chi connectivity index (χ0n) is 22.1.